The molecule has 9 nitrogen and oxygen atoms in total. The fraction of sp³-hybridized carbons (Fsp3) is 0.536. The minimum Gasteiger partial charge on any atom is -0.496 e. The van der Waals surface area contributed by atoms with Crippen molar-refractivity contribution in [3.05, 3.63) is 60.0 Å². The van der Waals surface area contributed by atoms with E-state index in [1.807, 2.05) is 38.1 Å². The number of nitrogens with zero attached hydrogens (tertiary/aromatic N) is 2. The molecule has 1 aromatic carbocycles. The molecule has 0 unspecified atom stereocenters. The molecule has 0 bridgehead atoms. The van der Waals surface area contributed by atoms with E-state index in [1.165, 1.54) is 23.0 Å². The van der Waals surface area contributed by atoms with Gasteiger partial charge in [0.25, 0.3) is 5.56 Å². The third-order valence-corrected chi connectivity index (χ3v) is 10.1. The number of carbonyl (C=O) groups excluding carboxylic acids is 1. The zero-order valence-electron chi connectivity index (χ0n) is 22.5. The minimum atomic E-state index is -0.721. The van der Waals surface area contributed by atoms with Gasteiger partial charge in [0, 0.05) is 24.8 Å². The number of halogens is 1. The number of carbonyl (C=O) groups is 1. The molecule has 3 heterocycles. The van der Waals surface area contributed by atoms with Crippen molar-refractivity contribution >= 4 is 43.5 Å². The number of methoxy groups -OCH3 is 2. The molecule has 11 heteroatoms. The van der Waals surface area contributed by atoms with Crippen LogP contribution in [0.2, 0.25) is 0 Å². The van der Waals surface area contributed by atoms with Crippen molar-refractivity contribution in [3.63, 3.8) is 0 Å². The summed E-state index contributed by atoms with van der Waals surface area (Å²) < 4.78 is 26.6. The van der Waals surface area contributed by atoms with Crippen LogP contribution in [0.4, 0.5) is 0 Å². The smallest absolute Gasteiger partial charge is 0.332 e. The molecule has 0 spiro atoms. The van der Waals surface area contributed by atoms with Crippen LogP contribution in [0.25, 0.3) is 10.2 Å². The first-order chi connectivity index (χ1) is 18.7. The van der Waals surface area contributed by atoms with E-state index in [0.29, 0.717) is 42.0 Å². The number of thiophene rings is 1. The van der Waals surface area contributed by atoms with Crippen molar-refractivity contribution in [2.75, 3.05) is 27.4 Å². The van der Waals surface area contributed by atoms with Gasteiger partial charge in [-0.15, -0.1) is 11.3 Å². The lowest BCUT2D eigenvalue weighted by Gasteiger charge is -2.43. The number of esters is 1. The highest BCUT2D eigenvalue weighted by atomic mass is 79.9. The summed E-state index contributed by atoms with van der Waals surface area (Å²) in [5.41, 5.74) is 0.160. The van der Waals surface area contributed by atoms with E-state index in [2.05, 4.69) is 15.9 Å². The Kier molecular flexibility index (Phi) is 8.05. The summed E-state index contributed by atoms with van der Waals surface area (Å²) in [7, 11) is 2.97. The van der Waals surface area contributed by atoms with E-state index < -0.39 is 23.3 Å². The van der Waals surface area contributed by atoms with Gasteiger partial charge in [0.15, 0.2) is 0 Å². The first-order valence-corrected chi connectivity index (χ1v) is 14.7. The van der Waals surface area contributed by atoms with Crippen LogP contribution in [0.1, 0.15) is 55.9 Å². The van der Waals surface area contributed by atoms with Crippen LogP contribution in [0.3, 0.4) is 0 Å². The molecule has 0 N–H and O–H groups in total. The Morgan fingerprint density at radius 1 is 1.21 bits per heavy atom. The number of aromatic nitrogens is 2. The lowest BCUT2D eigenvalue weighted by molar-refractivity contribution is -0.159. The van der Waals surface area contributed by atoms with Gasteiger partial charge in [-0.2, -0.15) is 0 Å². The van der Waals surface area contributed by atoms with Crippen LogP contribution >= 0.6 is 27.3 Å². The van der Waals surface area contributed by atoms with Gasteiger partial charge >= 0.3 is 11.7 Å². The largest absolute Gasteiger partial charge is 0.496 e. The molecule has 1 atom stereocenters. The fourth-order valence-electron chi connectivity index (χ4n) is 5.75. The zero-order valence-corrected chi connectivity index (χ0v) is 24.9. The van der Waals surface area contributed by atoms with E-state index in [1.54, 1.807) is 11.7 Å². The number of aryl methyl sites for hydroxylation is 1. The Bertz CT molecular complexity index is 1500. The molecule has 2 aromatic heterocycles. The Hall–Kier alpha value is -2.47. The summed E-state index contributed by atoms with van der Waals surface area (Å²) >= 11 is 4.95. The third kappa shape index (κ3) is 5.10. The normalized spacial score (nSPS) is 22.4. The maximum Gasteiger partial charge on any atom is 0.332 e. The second-order valence-corrected chi connectivity index (χ2v) is 12.9. The second kappa shape index (κ2) is 11.2. The van der Waals surface area contributed by atoms with E-state index >= 15 is 0 Å². The van der Waals surface area contributed by atoms with Crippen LogP contribution in [-0.2, 0) is 25.5 Å². The molecular weight excluding hydrogens is 588 g/mol. The summed E-state index contributed by atoms with van der Waals surface area (Å²) in [6.07, 6.45) is 1.70. The van der Waals surface area contributed by atoms with Crippen LogP contribution < -0.4 is 16.0 Å². The lowest BCUT2D eigenvalue weighted by atomic mass is 9.66. The molecule has 1 saturated heterocycles. The van der Waals surface area contributed by atoms with E-state index in [4.69, 9.17) is 18.9 Å². The number of para-hydroxylation sites is 1. The average molecular weight is 622 g/mol. The highest BCUT2D eigenvalue weighted by Crippen LogP contribution is 2.48. The second-order valence-electron chi connectivity index (χ2n) is 10.5. The highest BCUT2D eigenvalue weighted by Gasteiger charge is 2.49. The maximum atomic E-state index is 14.1. The van der Waals surface area contributed by atoms with E-state index in [9.17, 15) is 14.4 Å². The lowest BCUT2D eigenvalue weighted by Crippen LogP contribution is -2.51. The Morgan fingerprint density at radius 3 is 2.56 bits per heavy atom. The SMILES string of the molecule is COc1ccccc1[C@H](Cn1c(=O)n([C@H]2C[C@@](C)(C(=O)OC)C2)c(=O)c2c(C)c(Br)sc21)OC1CCOCC1. The van der Waals surface area contributed by atoms with Crippen LogP contribution in [0.5, 0.6) is 5.75 Å². The number of hydrogen-bond acceptors (Lipinski definition) is 8. The summed E-state index contributed by atoms with van der Waals surface area (Å²) in [6, 6.07) is 7.25. The predicted octanol–water partition coefficient (Wildman–Crippen LogP) is 4.76. The number of rotatable bonds is 8. The fourth-order valence-corrected chi connectivity index (χ4v) is 7.44. The van der Waals surface area contributed by atoms with E-state index in [-0.39, 0.29) is 24.2 Å². The first-order valence-electron chi connectivity index (χ1n) is 13.1. The number of fused-ring (bicyclic) bond motifs is 1. The van der Waals surface area contributed by atoms with Gasteiger partial charge in [0.05, 0.1) is 41.5 Å². The Morgan fingerprint density at radius 2 is 1.90 bits per heavy atom. The Labute approximate surface area is 238 Å². The van der Waals surface area contributed by atoms with Crippen LogP contribution in [-0.4, -0.2) is 48.6 Å². The van der Waals surface area contributed by atoms with Crippen LogP contribution in [0.15, 0.2) is 37.6 Å². The molecule has 3 aromatic rings. The van der Waals surface area contributed by atoms with Crippen molar-refractivity contribution < 1.29 is 23.7 Å². The predicted molar refractivity (Wildman–Crippen MR) is 152 cm³/mol. The zero-order chi connectivity index (χ0) is 27.9. The van der Waals surface area contributed by atoms with Crippen molar-refractivity contribution in [2.24, 2.45) is 5.41 Å². The van der Waals surface area contributed by atoms with Gasteiger partial charge in [-0.05, 0) is 67.1 Å². The minimum absolute atomic E-state index is 0.0324. The molecule has 1 aliphatic heterocycles. The standard InChI is InChI=1S/C28H33BrN2O7S/c1-16-22-24(32)31(17-13-28(2,14-17)26(33)36-4)27(34)30(25(22)39-23(16)29)15-21(38-18-9-11-37-12-10-18)19-7-5-6-8-20(19)35-3/h5-8,17-18,21H,9-15H2,1-4H3/t17-,21-,28+/m0/s1. The molecule has 1 saturated carbocycles. The van der Waals surface area contributed by atoms with Gasteiger partial charge in [-0.3, -0.25) is 18.7 Å². The average Bonchev–Trinajstić information content (AvgIpc) is 3.23. The summed E-state index contributed by atoms with van der Waals surface area (Å²) in [6.45, 7) is 5.12. The molecule has 0 amide bonds. The third-order valence-electron chi connectivity index (χ3n) is 7.96. The van der Waals surface area contributed by atoms with Crippen molar-refractivity contribution in [1.82, 2.24) is 9.13 Å². The summed E-state index contributed by atoms with van der Waals surface area (Å²) in [5.74, 6) is 0.340. The van der Waals surface area contributed by atoms with Gasteiger partial charge in [0.2, 0.25) is 0 Å². The van der Waals surface area contributed by atoms with Gasteiger partial charge in [-0.1, -0.05) is 18.2 Å². The quantitative estimate of drug-likeness (QED) is 0.335. The number of benzene rings is 1. The number of hydrogen-bond donors (Lipinski definition) is 0. The molecule has 39 heavy (non-hydrogen) atoms. The molecule has 210 valence electrons. The van der Waals surface area contributed by atoms with Crippen molar-refractivity contribution in [1.29, 1.82) is 0 Å². The molecule has 1 aliphatic carbocycles. The van der Waals surface area contributed by atoms with Crippen molar-refractivity contribution in [2.45, 2.75) is 64.3 Å². The molecule has 0 radical (unpaired) electrons. The Balaban J connectivity index is 1.62. The first kappa shape index (κ1) is 28.1. The topological polar surface area (TPSA) is 98.0 Å². The van der Waals surface area contributed by atoms with Gasteiger partial charge in [-0.25, -0.2) is 4.79 Å². The van der Waals surface area contributed by atoms with Crippen molar-refractivity contribution in [3.8, 4) is 5.75 Å². The maximum absolute atomic E-state index is 14.1. The highest BCUT2D eigenvalue weighted by molar-refractivity contribution is 9.11. The summed E-state index contributed by atoms with van der Waals surface area (Å²) in [4.78, 5) is 40.8. The van der Waals surface area contributed by atoms with Gasteiger partial charge in [0.1, 0.15) is 16.7 Å². The molecule has 2 fully saturated rings. The number of ether oxygens (including phenoxy) is 4. The molecule has 5 rings (SSSR count). The summed E-state index contributed by atoms with van der Waals surface area (Å²) in [5, 5.41) is 0.503. The van der Waals surface area contributed by atoms with Gasteiger partial charge < -0.3 is 18.9 Å². The monoisotopic (exact) mass is 620 g/mol. The molecular formula is C28H33BrN2O7S. The van der Waals surface area contributed by atoms with E-state index in [0.717, 1.165) is 27.8 Å². The molecule has 2 aliphatic rings. The van der Waals surface area contributed by atoms with Crippen LogP contribution in [0, 0.1) is 12.3 Å².